The van der Waals surface area contributed by atoms with E-state index in [4.69, 9.17) is 9.47 Å². The van der Waals surface area contributed by atoms with Gasteiger partial charge in [0, 0.05) is 22.8 Å². The van der Waals surface area contributed by atoms with E-state index in [0.29, 0.717) is 23.8 Å². The number of nitrogens with zero attached hydrogens (tertiary/aromatic N) is 3. The molecule has 2 aromatic carbocycles. The molecule has 0 radical (unpaired) electrons. The van der Waals surface area contributed by atoms with Crippen LogP contribution in [-0.2, 0) is 16.4 Å². The molecule has 0 spiro atoms. The van der Waals surface area contributed by atoms with Crippen LogP contribution < -0.4 is 25.7 Å². The molecule has 0 amide bonds. The minimum Gasteiger partial charge on any atom is -0.490 e. The molecule has 2 aliphatic rings. The fourth-order valence-corrected chi connectivity index (χ4v) is 9.63. The van der Waals surface area contributed by atoms with Gasteiger partial charge in [0.05, 0.1) is 11.8 Å². The standard InChI is InChI=1S/C34H34FN5O5S2/c35-28-7-3-4-8-29(28)45-30-19-23-20-37-34(38-24-9-11-25(12-10-24)44-26-13-16-36-17-14-26)39-31(23)40(32(30)41)21-22-15-18-46-33(22)47(42,43)27-5-1-2-6-27/h3-4,7-12,15,18-20,26-27,36H,1-2,5-6,13-14,16-17,21H2,(H,37,38,39). The lowest BCUT2D eigenvalue weighted by Crippen LogP contribution is -2.34. The predicted octanol–water partition coefficient (Wildman–Crippen LogP) is 6.42. The lowest BCUT2D eigenvalue weighted by atomic mass is 10.1. The van der Waals surface area contributed by atoms with Crippen molar-refractivity contribution in [3.8, 4) is 17.2 Å². The minimum atomic E-state index is -3.57. The molecule has 1 aliphatic heterocycles. The first kappa shape index (κ1) is 31.3. The number of anilines is 2. The molecule has 7 rings (SSSR count). The van der Waals surface area contributed by atoms with Crippen molar-refractivity contribution in [1.29, 1.82) is 0 Å². The molecule has 3 aromatic heterocycles. The van der Waals surface area contributed by atoms with E-state index in [1.165, 1.54) is 28.8 Å². The van der Waals surface area contributed by atoms with Crippen molar-refractivity contribution in [3.63, 3.8) is 0 Å². The maximum atomic E-state index is 14.5. The predicted molar refractivity (Wildman–Crippen MR) is 179 cm³/mol. The smallest absolute Gasteiger partial charge is 0.295 e. The van der Waals surface area contributed by atoms with Crippen molar-refractivity contribution >= 4 is 43.8 Å². The second-order valence-electron chi connectivity index (χ2n) is 11.8. The molecule has 2 N–H and O–H groups in total. The Hall–Kier alpha value is -4.33. The van der Waals surface area contributed by atoms with Crippen molar-refractivity contribution in [2.75, 3.05) is 18.4 Å². The molecule has 47 heavy (non-hydrogen) atoms. The summed E-state index contributed by atoms with van der Waals surface area (Å²) in [6, 6.07) is 16.5. The number of benzene rings is 2. The Morgan fingerprint density at radius 2 is 1.77 bits per heavy atom. The van der Waals surface area contributed by atoms with Crippen LogP contribution in [0.25, 0.3) is 11.0 Å². The number of piperidine rings is 1. The average Bonchev–Trinajstić information content (AvgIpc) is 3.80. The molecule has 1 saturated heterocycles. The van der Waals surface area contributed by atoms with Gasteiger partial charge in [-0.25, -0.2) is 17.8 Å². The Kier molecular flexibility index (Phi) is 8.93. The summed E-state index contributed by atoms with van der Waals surface area (Å²) in [5, 5.41) is 8.28. The number of rotatable bonds is 10. The zero-order valence-corrected chi connectivity index (χ0v) is 27.2. The Morgan fingerprint density at radius 3 is 2.53 bits per heavy atom. The maximum Gasteiger partial charge on any atom is 0.295 e. The SMILES string of the molecule is O=c1c(Oc2ccccc2F)cc2cnc(Nc3ccc(OC4CCNCC4)cc3)nc2n1Cc1ccsc1S(=O)(=O)C1CCCC1. The monoisotopic (exact) mass is 675 g/mol. The van der Waals surface area contributed by atoms with Crippen molar-refractivity contribution in [3.05, 3.63) is 94.0 Å². The van der Waals surface area contributed by atoms with Gasteiger partial charge >= 0.3 is 0 Å². The molecule has 244 valence electrons. The summed E-state index contributed by atoms with van der Waals surface area (Å²) in [7, 11) is -3.57. The molecule has 5 aromatic rings. The number of aromatic nitrogens is 3. The second-order valence-corrected chi connectivity index (χ2v) is 15.1. The molecule has 1 saturated carbocycles. The van der Waals surface area contributed by atoms with E-state index in [9.17, 15) is 17.6 Å². The van der Waals surface area contributed by atoms with E-state index in [2.05, 4.69) is 20.6 Å². The Bertz CT molecular complexity index is 2050. The van der Waals surface area contributed by atoms with E-state index in [0.717, 1.165) is 61.5 Å². The van der Waals surface area contributed by atoms with Crippen molar-refractivity contribution in [2.24, 2.45) is 0 Å². The summed E-state index contributed by atoms with van der Waals surface area (Å²) in [5.74, 6) is 0.153. The molecule has 0 bridgehead atoms. The number of sulfone groups is 1. The van der Waals surface area contributed by atoms with Gasteiger partial charge in [-0.15, -0.1) is 11.3 Å². The molecule has 13 heteroatoms. The summed E-state index contributed by atoms with van der Waals surface area (Å²) < 4.78 is 55.2. The number of halogens is 1. The first-order chi connectivity index (χ1) is 22.8. The number of pyridine rings is 1. The maximum absolute atomic E-state index is 14.5. The largest absolute Gasteiger partial charge is 0.490 e. The molecule has 4 heterocycles. The van der Waals surface area contributed by atoms with Crippen LogP contribution in [-0.4, -0.2) is 47.4 Å². The number of hydrogen-bond donors (Lipinski definition) is 2. The van der Waals surface area contributed by atoms with Crippen LogP contribution in [0.2, 0.25) is 0 Å². The van der Waals surface area contributed by atoms with Gasteiger partial charge in [-0.2, -0.15) is 4.98 Å². The third kappa shape index (κ3) is 6.74. The third-order valence-corrected chi connectivity index (χ3v) is 12.4. The van der Waals surface area contributed by atoms with Crippen molar-refractivity contribution in [1.82, 2.24) is 19.9 Å². The summed E-state index contributed by atoms with van der Waals surface area (Å²) >= 11 is 1.16. The molecule has 2 fully saturated rings. The zero-order valence-electron chi connectivity index (χ0n) is 25.5. The second kappa shape index (κ2) is 13.4. The van der Waals surface area contributed by atoms with Gasteiger partial charge < -0.3 is 20.1 Å². The van der Waals surface area contributed by atoms with E-state index < -0.39 is 26.5 Å². The first-order valence-corrected chi connectivity index (χ1v) is 18.2. The highest BCUT2D eigenvalue weighted by Gasteiger charge is 2.33. The summed E-state index contributed by atoms with van der Waals surface area (Å²) in [6.07, 6.45) is 6.66. The van der Waals surface area contributed by atoms with E-state index in [1.54, 1.807) is 23.7 Å². The number of nitrogens with one attached hydrogen (secondary N) is 2. The Morgan fingerprint density at radius 1 is 1.00 bits per heavy atom. The van der Waals surface area contributed by atoms with Gasteiger partial charge in [-0.3, -0.25) is 9.36 Å². The van der Waals surface area contributed by atoms with Crippen LogP contribution in [0, 0.1) is 5.82 Å². The average molecular weight is 676 g/mol. The van der Waals surface area contributed by atoms with Gasteiger partial charge in [-0.05, 0) is 92.7 Å². The summed E-state index contributed by atoms with van der Waals surface area (Å²) in [4.78, 5) is 23.1. The van der Waals surface area contributed by atoms with E-state index in [-0.39, 0.29) is 40.0 Å². The highest BCUT2D eigenvalue weighted by atomic mass is 32.2. The van der Waals surface area contributed by atoms with Gasteiger partial charge in [0.1, 0.15) is 21.7 Å². The first-order valence-electron chi connectivity index (χ1n) is 15.7. The summed E-state index contributed by atoms with van der Waals surface area (Å²) in [6.45, 7) is 1.80. The van der Waals surface area contributed by atoms with Crippen LogP contribution in [0.15, 0.2) is 81.2 Å². The normalized spacial score (nSPS) is 16.0. The molecule has 0 unspecified atom stereocenters. The van der Waals surface area contributed by atoms with E-state index in [1.807, 2.05) is 24.3 Å². The fraction of sp³-hybridized carbons (Fsp3) is 0.324. The number of ether oxygens (including phenoxy) is 2. The van der Waals surface area contributed by atoms with Gasteiger partial charge in [0.2, 0.25) is 5.95 Å². The molecule has 1 aliphatic carbocycles. The minimum absolute atomic E-state index is 0.0756. The van der Waals surface area contributed by atoms with Crippen molar-refractivity contribution < 1.29 is 22.3 Å². The molecule has 0 atom stereocenters. The summed E-state index contributed by atoms with van der Waals surface area (Å²) in [5.41, 5.74) is 0.902. The molecular weight excluding hydrogens is 642 g/mol. The van der Waals surface area contributed by atoms with Crippen LogP contribution in [0.3, 0.4) is 0 Å². The van der Waals surface area contributed by atoms with Crippen LogP contribution in [0.5, 0.6) is 17.2 Å². The van der Waals surface area contributed by atoms with Gasteiger partial charge in [-0.1, -0.05) is 25.0 Å². The lowest BCUT2D eigenvalue weighted by Gasteiger charge is -2.23. The topological polar surface area (TPSA) is 124 Å². The number of thiophene rings is 1. The molecular formula is C34H34FN5O5S2. The Labute approximate surface area is 275 Å². The van der Waals surface area contributed by atoms with Crippen molar-refractivity contribution in [2.45, 2.75) is 60.6 Å². The van der Waals surface area contributed by atoms with Gasteiger partial charge in [0.15, 0.2) is 27.2 Å². The third-order valence-electron chi connectivity index (χ3n) is 8.58. The number of para-hydroxylation sites is 1. The quantitative estimate of drug-likeness (QED) is 0.173. The van der Waals surface area contributed by atoms with Crippen LogP contribution in [0.1, 0.15) is 44.1 Å². The van der Waals surface area contributed by atoms with Crippen LogP contribution >= 0.6 is 11.3 Å². The number of fused-ring (bicyclic) bond motifs is 1. The zero-order chi connectivity index (χ0) is 32.4. The fourth-order valence-electron chi connectivity index (χ4n) is 6.12. The molecule has 10 nitrogen and oxygen atoms in total. The number of hydrogen-bond acceptors (Lipinski definition) is 10. The Balaban J connectivity index is 1.23. The highest BCUT2D eigenvalue weighted by molar-refractivity contribution is 7.94. The van der Waals surface area contributed by atoms with E-state index >= 15 is 0 Å². The van der Waals surface area contributed by atoms with Gasteiger partial charge in [0.25, 0.3) is 5.56 Å². The van der Waals surface area contributed by atoms with Crippen LogP contribution in [0.4, 0.5) is 16.0 Å². The highest BCUT2D eigenvalue weighted by Crippen LogP contribution is 2.35. The lowest BCUT2D eigenvalue weighted by molar-refractivity contribution is 0.162.